The fourth-order valence-electron chi connectivity index (χ4n) is 3.06. The third kappa shape index (κ3) is 3.15. The van der Waals surface area contributed by atoms with E-state index in [2.05, 4.69) is 11.2 Å². The van der Waals surface area contributed by atoms with Crippen LogP contribution in [0, 0.1) is 25.2 Å². The maximum atomic E-state index is 13.0. The number of carbonyl (C=O) groups is 1. The molecule has 136 valence electrons. The minimum atomic E-state index is -0.231. The summed E-state index contributed by atoms with van der Waals surface area (Å²) in [6, 6.07) is 21.6. The van der Waals surface area contributed by atoms with Crippen LogP contribution >= 0.6 is 11.3 Å². The van der Waals surface area contributed by atoms with Crippen LogP contribution in [0.5, 0.6) is 0 Å². The number of carbonyl (C=O) groups excluding carboxylic acids is 1. The first-order valence-corrected chi connectivity index (χ1v) is 9.72. The highest BCUT2D eigenvalue weighted by atomic mass is 32.1. The molecule has 0 amide bonds. The van der Waals surface area contributed by atoms with E-state index in [1.165, 1.54) is 11.3 Å². The Morgan fingerprint density at radius 1 is 1.00 bits per heavy atom. The van der Waals surface area contributed by atoms with Gasteiger partial charge in [-0.15, -0.1) is 11.3 Å². The molecule has 0 bridgehead atoms. The Kier molecular flexibility index (Phi) is 4.64. The Labute approximate surface area is 167 Å². The number of thiophene rings is 1. The Morgan fingerprint density at radius 2 is 1.64 bits per heavy atom. The first-order chi connectivity index (χ1) is 13.6. The zero-order valence-corrected chi connectivity index (χ0v) is 16.3. The third-order valence-corrected chi connectivity index (χ3v) is 5.43. The number of hydrogen-bond acceptors (Lipinski definition) is 4. The number of benzene rings is 2. The second kappa shape index (κ2) is 7.26. The number of nitriles is 1. The summed E-state index contributed by atoms with van der Waals surface area (Å²) < 4.78 is 1.70. The van der Waals surface area contributed by atoms with Gasteiger partial charge < -0.3 is 0 Å². The van der Waals surface area contributed by atoms with E-state index in [1.54, 1.807) is 10.7 Å². The molecule has 0 aliphatic rings. The monoisotopic (exact) mass is 383 g/mol. The van der Waals surface area contributed by atoms with Crippen LogP contribution in [0.25, 0.3) is 16.9 Å². The van der Waals surface area contributed by atoms with Crippen molar-refractivity contribution in [3.8, 4) is 23.0 Å². The van der Waals surface area contributed by atoms with Crippen LogP contribution < -0.4 is 0 Å². The number of aryl methyl sites for hydroxylation is 2. The minimum Gasteiger partial charge on any atom is -0.286 e. The van der Waals surface area contributed by atoms with E-state index < -0.39 is 0 Å². The van der Waals surface area contributed by atoms with Crippen molar-refractivity contribution in [2.45, 2.75) is 13.8 Å². The van der Waals surface area contributed by atoms with Crippen LogP contribution in [0.4, 0.5) is 0 Å². The smallest absolute Gasteiger partial charge is 0.224 e. The molecule has 0 saturated carbocycles. The highest BCUT2D eigenvalue weighted by Gasteiger charge is 2.26. The molecule has 0 unspecified atom stereocenters. The maximum Gasteiger partial charge on any atom is 0.224 e. The molecular weight excluding hydrogens is 366 g/mol. The molecule has 0 N–H and O–H groups in total. The lowest BCUT2D eigenvalue weighted by molar-refractivity contribution is 0.103. The van der Waals surface area contributed by atoms with Gasteiger partial charge in [-0.2, -0.15) is 10.4 Å². The van der Waals surface area contributed by atoms with Gasteiger partial charge in [-0.1, -0.05) is 53.6 Å². The van der Waals surface area contributed by atoms with Gasteiger partial charge in [0.1, 0.15) is 11.6 Å². The first-order valence-electron chi connectivity index (χ1n) is 8.84. The summed E-state index contributed by atoms with van der Waals surface area (Å²) in [5.41, 5.74) is 5.01. The molecule has 4 aromatic rings. The zero-order valence-electron chi connectivity index (χ0n) is 15.5. The van der Waals surface area contributed by atoms with E-state index in [-0.39, 0.29) is 11.5 Å². The molecule has 2 aromatic heterocycles. The largest absolute Gasteiger partial charge is 0.286 e. The van der Waals surface area contributed by atoms with Crippen molar-refractivity contribution in [3.05, 3.63) is 93.3 Å². The molecule has 4 rings (SSSR count). The Morgan fingerprint density at radius 3 is 2.21 bits per heavy atom. The predicted molar refractivity (Wildman–Crippen MR) is 111 cm³/mol. The molecule has 5 heteroatoms. The number of ketones is 1. The topological polar surface area (TPSA) is 58.7 Å². The van der Waals surface area contributed by atoms with Crippen molar-refractivity contribution in [1.29, 1.82) is 5.26 Å². The third-order valence-electron chi connectivity index (χ3n) is 4.56. The Bertz CT molecular complexity index is 1180. The molecular formula is C23H17N3OS. The molecule has 0 radical (unpaired) electrons. The summed E-state index contributed by atoms with van der Waals surface area (Å²) >= 11 is 1.35. The normalized spacial score (nSPS) is 10.6. The Hall–Kier alpha value is -3.49. The van der Waals surface area contributed by atoms with E-state index >= 15 is 0 Å². The van der Waals surface area contributed by atoms with Gasteiger partial charge in [0, 0.05) is 5.56 Å². The van der Waals surface area contributed by atoms with Gasteiger partial charge in [0.15, 0.2) is 5.69 Å². The first kappa shape index (κ1) is 17.9. The molecule has 2 heterocycles. The molecule has 2 aromatic carbocycles. The van der Waals surface area contributed by atoms with Crippen molar-refractivity contribution in [2.75, 3.05) is 0 Å². The van der Waals surface area contributed by atoms with Gasteiger partial charge in [-0.05, 0) is 37.4 Å². The van der Waals surface area contributed by atoms with Gasteiger partial charge in [0.05, 0.1) is 16.3 Å². The zero-order chi connectivity index (χ0) is 19.7. The van der Waals surface area contributed by atoms with Gasteiger partial charge in [0.2, 0.25) is 5.78 Å². The van der Waals surface area contributed by atoms with Crippen LogP contribution in [0.1, 0.15) is 32.1 Å². The fourth-order valence-corrected chi connectivity index (χ4v) is 3.72. The molecule has 28 heavy (non-hydrogen) atoms. The molecule has 0 aliphatic carbocycles. The quantitative estimate of drug-likeness (QED) is 0.448. The van der Waals surface area contributed by atoms with Crippen molar-refractivity contribution >= 4 is 17.1 Å². The van der Waals surface area contributed by atoms with Crippen molar-refractivity contribution in [2.24, 2.45) is 0 Å². The summed E-state index contributed by atoms with van der Waals surface area (Å²) in [5, 5.41) is 16.3. The predicted octanol–water partition coefficient (Wildman–Crippen LogP) is 5.32. The van der Waals surface area contributed by atoms with E-state index in [1.807, 2.05) is 73.8 Å². The number of rotatable bonds is 4. The molecule has 0 atom stereocenters. The summed E-state index contributed by atoms with van der Waals surface area (Å²) in [5.74, 6) is -0.231. The fraction of sp³-hybridized carbons (Fsp3) is 0.0870. The van der Waals surface area contributed by atoms with Gasteiger partial charge in [-0.3, -0.25) is 4.79 Å². The standard InChI is InChI=1S/C23H17N3OS/c1-15-5-9-17(10-6-15)22-19(14-24)21(23(27)20-4-3-13-28-20)25-26(22)18-11-7-16(2)8-12-18/h3-13H,1-2H3. The molecule has 0 saturated heterocycles. The molecule has 4 nitrogen and oxygen atoms in total. The van der Waals surface area contributed by atoms with E-state index in [4.69, 9.17) is 0 Å². The van der Waals surface area contributed by atoms with Gasteiger partial charge in [-0.25, -0.2) is 4.68 Å². The van der Waals surface area contributed by atoms with Crippen LogP contribution in [0.3, 0.4) is 0 Å². The highest BCUT2D eigenvalue weighted by molar-refractivity contribution is 7.12. The number of nitrogens with zero attached hydrogens (tertiary/aromatic N) is 3. The summed E-state index contributed by atoms with van der Waals surface area (Å²) in [6.07, 6.45) is 0. The summed E-state index contributed by atoms with van der Waals surface area (Å²) in [7, 11) is 0. The van der Waals surface area contributed by atoms with E-state index in [0.717, 1.165) is 22.4 Å². The second-order valence-electron chi connectivity index (χ2n) is 6.60. The SMILES string of the molecule is Cc1ccc(-c2c(C#N)c(C(=O)c3cccs3)nn2-c2ccc(C)cc2)cc1. The van der Waals surface area contributed by atoms with Crippen molar-refractivity contribution in [1.82, 2.24) is 9.78 Å². The van der Waals surface area contributed by atoms with Gasteiger partial charge in [0.25, 0.3) is 0 Å². The van der Waals surface area contributed by atoms with Crippen LogP contribution in [-0.4, -0.2) is 15.6 Å². The average Bonchev–Trinajstić information content (AvgIpc) is 3.37. The number of hydrogen-bond donors (Lipinski definition) is 0. The lowest BCUT2D eigenvalue weighted by Gasteiger charge is -2.09. The summed E-state index contributed by atoms with van der Waals surface area (Å²) in [6.45, 7) is 4.03. The van der Waals surface area contributed by atoms with E-state index in [9.17, 15) is 10.1 Å². The molecule has 0 fully saturated rings. The number of aromatic nitrogens is 2. The second-order valence-corrected chi connectivity index (χ2v) is 7.55. The van der Waals surface area contributed by atoms with Crippen LogP contribution in [0.2, 0.25) is 0 Å². The molecule has 0 spiro atoms. The van der Waals surface area contributed by atoms with Gasteiger partial charge >= 0.3 is 0 Å². The lowest BCUT2D eigenvalue weighted by atomic mass is 10.0. The Balaban J connectivity index is 1.98. The lowest BCUT2D eigenvalue weighted by Crippen LogP contribution is -2.03. The van der Waals surface area contributed by atoms with Crippen LogP contribution in [0.15, 0.2) is 66.0 Å². The summed E-state index contributed by atoms with van der Waals surface area (Å²) in [4.78, 5) is 13.6. The van der Waals surface area contributed by atoms with Crippen molar-refractivity contribution < 1.29 is 4.79 Å². The molecule has 0 aliphatic heterocycles. The average molecular weight is 383 g/mol. The van der Waals surface area contributed by atoms with Crippen LogP contribution in [-0.2, 0) is 0 Å². The van der Waals surface area contributed by atoms with E-state index in [0.29, 0.717) is 16.1 Å². The maximum absolute atomic E-state index is 13.0. The highest BCUT2D eigenvalue weighted by Crippen LogP contribution is 2.31. The minimum absolute atomic E-state index is 0.182. The van der Waals surface area contributed by atoms with Crippen molar-refractivity contribution in [3.63, 3.8) is 0 Å².